The molecule has 1 aliphatic heterocycles. The number of benzene rings is 2. The Morgan fingerprint density at radius 2 is 1.84 bits per heavy atom. The minimum absolute atomic E-state index is 0.115. The molecule has 3 aromatic rings. The van der Waals surface area contributed by atoms with Crippen LogP contribution in [0.3, 0.4) is 0 Å². The van der Waals surface area contributed by atoms with Gasteiger partial charge in [0.05, 0.1) is 18.7 Å². The molecule has 7 heteroatoms. The van der Waals surface area contributed by atoms with Crippen LogP contribution < -0.4 is 9.64 Å². The average molecular weight is 433 g/mol. The molecule has 1 fully saturated rings. The fourth-order valence-electron chi connectivity index (χ4n) is 3.95. The summed E-state index contributed by atoms with van der Waals surface area (Å²) in [5.41, 5.74) is 2.36. The third kappa shape index (κ3) is 4.77. The van der Waals surface area contributed by atoms with Gasteiger partial charge in [-0.05, 0) is 41.5 Å². The summed E-state index contributed by atoms with van der Waals surface area (Å²) in [6.45, 7) is 0.946. The van der Waals surface area contributed by atoms with Gasteiger partial charge < -0.3 is 14.5 Å². The Morgan fingerprint density at radius 1 is 1.09 bits per heavy atom. The molecule has 2 aromatic carbocycles. The molecule has 0 saturated carbocycles. The fourth-order valence-corrected chi connectivity index (χ4v) is 3.95. The zero-order valence-electron chi connectivity index (χ0n) is 17.8. The minimum Gasteiger partial charge on any atom is -0.495 e. The van der Waals surface area contributed by atoms with Gasteiger partial charge in [-0.15, -0.1) is 0 Å². The average Bonchev–Trinajstić information content (AvgIpc) is 3.21. The van der Waals surface area contributed by atoms with E-state index < -0.39 is 5.92 Å². The smallest absolute Gasteiger partial charge is 0.228 e. The normalized spacial score (nSPS) is 15.6. The lowest BCUT2D eigenvalue weighted by molar-refractivity contribution is -0.137. The van der Waals surface area contributed by atoms with Gasteiger partial charge in [0, 0.05) is 38.4 Å². The van der Waals surface area contributed by atoms with Crippen LogP contribution in [0.25, 0.3) is 0 Å². The van der Waals surface area contributed by atoms with Crippen LogP contribution in [0.2, 0.25) is 0 Å². The number of ether oxygens (including phenoxy) is 1. The molecule has 2 heterocycles. The van der Waals surface area contributed by atoms with E-state index in [1.165, 1.54) is 12.1 Å². The van der Waals surface area contributed by atoms with Gasteiger partial charge >= 0.3 is 0 Å². The van der Waals surface area contributed by atoms with Crippen LogP contribution in [0.5, 0.6) is 5.75 Å². The van der Waals surface area contributed by atoms with E-state index in [-0.39, 0.29) is 30.6 Å². The van der Waals surface area contributed by atoms with Crippen LogP contribution in [0.4, 0.5) is 10.1 Å². The second kappa shape index (κ2) is 9.60. The third-order valence-corrected chi connectivity index (χ3v) is 5.54. The van der Waals surface area contributed by atoms with E-state index in [1.54, 1.807) is 47.5 Å². The zero-order valence-corrected chi connectivity index (χ0v) is 17.8. The molecule has 32 heavy (non-hydrogen) atoms. The molecule has 0 bridgehead atoms. The number of hydrogen-bond acceptors (Lipinski definition) is 4. The molecule has 0 radical (unpaired) electrons. The van der Waals surface area contributed by atoms with Gasteiger partial charge in [0.2, 0.25) is 11.8 Å². The Hall–Kier alpha value is -3.74. The summed E-state index contributed by atoms with van der Waals surface area (Å²) in [6, 6.07) is 17.1. The monoisotopic (exact) mass is 433 g/mol. The lowest BCUT2D eigenvalue weighted by Gasteiger charge is -2.26. The Morgan fingerprint density at radius 3 is 2.56 bits per heavy atom. The maximum atomic E-state index is 13.5. The maximum Gasteiger partial charge on any atom is 0.228 e. The number of methoxy groups -OCH3 is 1. The van der Waals surface area contributed by atoms with E-state index >= 15 is 0 Å². The first-order chi connectivity index (χ1) is 15.5. The topological polar surface area (TPSA) is 62.7 Å². The van der Waals surface area contributed by atoms with Crippen molar-refractivity contribution in [1.82, 2.24) is 9.88 Å². The molecule has 0 spiro atoms. The van der Waals surface area contributed by atoms with Gasteiger partial charge in [0.15, 0.2) is 0 Å². The van der Waals surface area contributed by atoms with E-state index in [0.29, 0.717) is 24.5 Å². The Balaban J connectivity index is 1.56. The molecular weight excluding hydrogens is 409 g/mol. The summed E-state index contributed by atoms with van der Waals surface area (Å²) in [4.78, 5) is 33.7. The van der Waals surface area contributed by atoms with Crippen molar-refractivity contribution in [1.29, 1.82) is 0 Å². The van der Waals surface area contributed by atoms with E-state index in [2.05, 4.69) is 4.98 Å². The number of rotatable bonds is 7. The van der Waals surface area contributed by atoms with Gasteiger partial charge in [-0.3, -0.25) is 14.6 Å². The van der Waals surface area contributed by atoms with Crippen LogP contribution in [0.1, 0.15) is 17.5 Å². The number of amides is 2. The number of carbonyl (C=O) groups is 2. The number of para-hydroxylation sites is 2. The van der Waals surface area contributed by atoms with Crippen LogP contribution in [0.15, 0.2) is 73.1 Å². The molecule has 1 aromatic heterocycles. The predicted octanol–water partition coefficient (Wildman–Crippen LogP) is 3.81. The molecule has 1 atom stereocenters. The highest BCUT2D eigenvalue weighted by atomic mass is 19.1. The molecule has 164 valence electrons. The molecular formula is C25H24FN3O3. The Bertz CT molecular complexity index is 1090. The van der Waals surface area contributed by atoms with Crippen LogP contribution >= 0.6 is 0 Å². The van der Waals surface area contributed by atoms with Crippen LogP contribution in [-0.2, 0) is 22.7 Å². The van der Waals surface area contributed by atoms with Crippen molar-refractivity contribution >= 4 is 17.5 Å². The number of aromatic nitrogens is 1. The van der Waals surface area contributed by atoms with Crippen molar-refractivity contribution in [2.45, 2.75) is 19.5 Å². The molecule has 2 amide bonds. The summed E-state index contributed by atoms with van der Waals surface area (Å²) in [7, 11) is 1.56. The Kier molecular flexibility index (Phi) is 6.44. The summed E-state index contributed by atoms with van der Waals surface area (Å²) >= 11 is 0. The summed E-state index contributed by atoms with van der Waals surface area (Å²) in [5.74, 6) is -0.454. The van der Waals surface area contributed by atoms with Crippen molar-refractivity contribution in [2.75, 3.05) is 18.6 Å². The number of anilines is 1. The van der Waals surface area contributed by atoms with Crippen LogP contribution in [0, 0.1) is 11.7 Å². The number of halogens is 1. The highest BCUT2D eigenvalue weighted by Crippen LogP contribution is 2.33. The highest BCUT2D eigenvalue weighted by Gasteiger charge is 2.38. The summed E-state index contributed by atoms with van der Waals surface area (Å²) < 4.78 is 18.7. The second-order valence-electron chi connectivity index (χ2n) is 7.76. The minimum atomic E-state index is -0.482. The number of hydrogen-bond donors (Lipinski definition) is 0. The van der Waals surface area contributed by atoms with Gasteiger partial charge in [0.1, 0.15) is 11.6 Å². The lowest BCUT2D eigenvalue weighted by atomic mass is 10.1. The maximum absolute atomic E-state index is 13.5. The molecule has 6 nitrogen and oxygen atoms in total. The second-order valence-corrected chi connectivity index (χ2v) is 7.76. The summed E-state index contributed by atoms with van der Waals surface area (Å²) in [6.07, 6.45) is 3.52. The van der Waals surface area contributed by atoms with E-state index in [1.807, 2.05) is 30.3 Å². The first-order valence-electron chi connectivity index (χ1n) is 10.4. The van der Waals surface area contributed by atoms with Crippen molar-refractivity contribution in [3.8, 4) is 5.75 Å². The van der Waals surface area contributed by atoms with Crippen molar-refractivity contribution < 1.29 is 18.7 Å². The van der Waals surface area contributed by atoms with Gasteiger partial charge in [-0.1, -0.05) is 30.3 Å². The third-order valence-electron chi connectivity index (χ3n) is 5.54. The molecule has 1 unspecified atom stereocenters. The lowest BCUT2D eigenvalue weighted by Crippen LogP contribution is -2.36. The van der Waals surface area contributed by atoms with Gasteiger partial charge in [-0.2, -0.15) is 0 Å². The van der Waals surface area contributed by atoms with Crippen molar-refractivity contribution in [3.05, 3.63) is 90.0 Å². The van der Waals surface area contributed by atoms with Crippen molar-refractivity contribution in [2.24, 2.45) is 5.92 Å². The summed E-state index contributed by atoms with van der Waals surface area (Å²) in [5, 5.41) is 0. The SMILES string of the molecule is COc1ccccc1N1CC(C(=O)N(Cc2ccc(F)cc2)Cc2cccnc2)CC1=O. The molecule has 0 aliphatic carbocycles. The van der Waals surface area contributed by atoms with Gasteiger partial charge in [0.25, 0.3) is 0 Å². The fraction of sp³-hybridized carbons (Fsp3) is 0.240. The van der Waals surface area contributed by atoms with E-state index in [9.17, 15) is 14.0 Å². The van der Waals surface area contributed by atoms with Gasteiger partial charge in [-0.25, -0.2) is 4.39 Å². The zero-order chi connectivity index (χ0) is 22.5. The van der Waals surface area contributed by atoms with Crippen LogP contribution in [-0.4, -0.2) is 35.4 Å². The predicted molar refractivity (Wildman–Crippen MR) is 118 cm³/mol. The molecule has 4 rings (SSSR count). The van der Waals surface area contributed by atoms with E-state index in [0.717, 1.165) is 11.1 Å². The first kappa shape index (κ1) is 21.5. The quantitative estimate of drug-likeness (QED) is 0.569. The number of nitrogens with zero attached hydrogens (tertiary/aromatic N) is 3. The molecule has 0 N–H and O–H groups in total. The first-order valence-corrected chi connectivity index (χ1v) is 10.4. The number of pyridine rings is 1. The molecule has 1 aliphatic rings. The standard InChI is InChI=1S/C25H24FN3O3/c1-32-23-7-3-2-6-22(23)29-17-20(13-24(29)30)25(31)28(16-19-5-4-12-27-14-19)15-18-8-10-21(26)11-9-18/h2-12,14,20H,13,15-17H2,1H3. The van der Waals surface area contributed by atoms with Crippen molar-refractivity contribution in [3.63, 3.8) is 0 Å². The largest absolute Gasteiger partial charge is 0.495 e. The Labute approximate surface area is 186 Å². The molecule has 1 saturated heterocycles. The number of carbonyl (C=O) groups excluding carboxylic acids is 2. The highest BCUT2D eigenvalue weighted by molar-refractivity contribution is 6.01. The van der Waals surface area contributed by atoms with E-state index in [4.69, 9.17) is 4.74 Å².